The van der Waals surface area contributed by atoms with Gasteiger partial charge >= 0.3 is 5.97 Å². The van der Waals surface area contributed by atoms with E-state index in [-0.39, 0.29) is 23.6 Å². The molecule has 0 radical (unpaired) electrons. The number of ether oxygens (including phenoxy) is 1. The number of aryl methyl sites for hydroxylation is 1. The molecule has 7 nitrogen and oxygen atoms in total. The van der Waals surface area contributed by atoms with Crippen molar-refractivity contribution in [2.45, 2.75) is 45.7 Å². The second-order valence-electron chi connectivity index (χ2n) is 7.23. The van der Waals surface area contributed by atoms with Crippen molar-refractivity contribution >= 4 is 51.1 Å². The number of esters is 1. The van der Waals surface area contributed by atoms with Crippen LogP contribution in [0.15, 0.2) is 23.2 Å². The minimum Gasteiger partial charge on any atom is -0.465 e. The zero-order valence-corrected chi connectivity index (χ0v) is 19.2. The van der Waals surface area contributed by atoms with Gasteiger partial charge in [0.15, 0.2) is 4.80 Å². The van der Waals surface area contributed by atoms with Crippen LogP contribution in [0, 0.1) is 0 Å². The Kier molecular flexibility index (Phi) is 7.71. The predicted octanol–water partition coefficient (Wildman–Crippen LogP) is 3.07. The van der Waals surface area contributed by atoms with Crippen molar-refractivity contribution in [1.82, 2.24) is 9.47 Å². The van der Waals surface area contributed by atoms with Crippen LogP contribution in [0.2, 0.25) is 0 Å². The number of hydrogen-bond donors (Lipinski definition) is 0. The van der Waals surface area contributed by atoms with Gasteiger partial charge in [-0.25, -0.2) is 4.79 Å². The van der Waals surface area contributed by atoms with Crippen LogP contribution in [0.4, 0.5) is 0 Å². The highest BCUT2D eigenvalue weighted by Gasteiger charge is 2.23. The molecule has 0 bridgehead atoms. The van der Waals surface area contributed by atoms with E-state index in [0.29, 0.717) is 22.7 Å². The standard InChI is InChI=1S/C21H27N3O4S2/c1-4-23-16-9-8-15(20(27)28-3)11-17(16)30-21(23)22-18(25)12-29-13-19(26)24-10-6-5-7-14(24)2/h8-9,11,14H,4-7,10,12-13H2,1-3H3. The third-order valence-electron chi connectivity index (χ3n) is 5.21. The minimum absolute atomic E-state index is 0.0980. The number of likely N-dealkylation sites (tertiary alicyclic amines) is 1. The maximum Gasteiger partial charge on any atom is 0.337 e. The molecular formula is C21H27N3O4S2. The summed E-state index contributed by atoms with van der Waals surface area (Å²) in [6.07, 6.45) is 3.27. The van der Waals surface area contributed by atoms with Gasteiger partial charge in [0.05, 0.1) is 34.4 Å². The molecule has 1 aliphatic rings. The van der Waals surface area contributed by atoms with Crippen LogP contribution in [0.3, 0.4) is 0 Å². The number of carbonyl (C=O) groups excluding carboxylic acids is 3. The topological polar surface area (TPSA) is 81.0 Å². The van der Waals surface area contributed by atoms with Crippen molar-refractivity contribution in [2.24, 2.45) is 4.99 Å². The zero-order valence-electron chi connectivity index (χ0n) is 17.6. The number of aromatic nitrogens is 1. The Hall–Kier alpha value is -2.13. The molecule has 1 unspecified atom stereocenters. The molecule has 1 saturated heterocycles. The number of hydrogen-bond acceptors (Lipinski definition) is 6. The van der Waals surface area contributed by atoms with Gasteiger partial charge in [-0.3, -0.25) is 9.59 Å². The van der Waals surface area contributed by atoms with Gasteiger partial charge in [-0.2, -0.15) is 4.99 Å². The monoisotopic (exact) mass is 449 g/mol. The minimum atomic E-state index is -0.396. The Labute approximate surface area is 184 Å². The van der Waals surface area contributed by atoms with Gasteiger partial charge in [0.25, 0.3) is 5.91 Å². The molecule has 30 heavy (non-hydrogen) atoms. The predicted molar refractivity (Wildman–Crippen MR) is 120 cm³/mol. The summed E-state index contributed by atoms with van der Waals surface area (Å²) >= 11 is 2.68. The molecule has 0 spiro atoms. The summed E-state index contributed by atoms with van der Waals surface area (Å²) < 4.78 is 7.59. The number of benzene rings is 1. The third kappa shape index (κ3) is 5.13. The first-order valence-corrected chi connectivity index (χ1v) is 12.1. The van der Waals surface area contributed by atoms with Gasteiger partial charge in [0.1, 0.15) is 0 Å². The van der Waals surface area contributed by atoms with Gasteiger partial charge in [-0.1, -0.05) is 11.3 Å². The summed E-state index contributed by atoms with van der Waals surface area (Å²) in [7, 11) is 1.35. The molecule has 0 aliphatic carbocycles. The van der Waals surface area contributed by atoms with E-state index in [4.69, 9.17) is 4.74 Å². The lowest BCUT2D eigenvalue weighted by Crippen LogP contribution is -2.43. The number of carbonyl (C=O) groups is 3. The van der Waals surface area contributed by atoms with Gasteiger partial charge in [0, 0.05) is 19.1 Å². The van der Waals surface area contributed by atoms with E-state index in [0.717, 1.165) is 29.6 Å². The number of nitrogens with zero attached hydrogens (tertiary/aromatic N) is 3. The normalized spacial score (nSPS) is 17.4. The average Bonchev–Trinajstić information content (AvgIpc) is 3.09. The highest BCUT2D eigenvalue weighted by atomic mass is 32.2. The lowest BCUT2D eigenvalue weighted by atomic mass is 10.0. The fraction of sp³-hybridized carbons (Fsp3) is 0.524. The van der Waals surface area contributed by atoms with Gasteiger partial charge in [-0.15, -0.1) is 11.8 Å². The van der Waals surface area contributed by atoms with Crippen molar-refractivity contribution in [3.05, 3.63) is 28.6 Å². The summed E-state index contributed by atoms with van der Waals surface area (Å²) in [5.74, 6) is -0.0950. The van der Waals surface area contributed by atoms with Crippen molar-refractivity contribution in [2.75, 3.05) is 25.2 Å². The lowest BCUT2D eigenvalue weighted by molar-refractivity contribution is -0.131. The second-order valence-corrected chi connectivity index (χ2v) is 9.23. The molecule has 0 saturated carbocycles. The van der Waals surface area contributed by atoms with Crippen LogP contribution < -0.4 is 4.80 Å². The number of thioether (sulfide) groups is 1. The fourth-order valence-corrected chi connectivity index (χ4v) is 5.46. The third-order valence-corrected chi connectivity index (χ3v) is 7.16. The summed E-state index contributed by atoms with van der Waals surface area (Å²) in [4.78, 5) is 43.4. The molecular weight excluding hydrogens is 422 g/mol. The first kappa shape index (κ1) is 22.6. The molecule has 2 heterocycles. The smallest absolute Gasteiger partial charge is 0.337 e. The van der Waals surface area contributed by atoms with E-state index in [1.165, 1.54) is 36.6 Å². The van der Waals surface area contributed by atoms with Gasteiger partial charge < -0.3 is 14.2 Å². The average molecular weight is 450 g/mol. The van der Waals surface area contributed by atoms with Crippen molar-refractivity contribution < 1.29 is 19.1 Å². The molecule has 2 aromatic rings. The van der Waals surface area contributed by atoms with Crippen molar-refractivity contribution in [3.63, 3.8) is 0 Å². The van der Waals surface area contributed by atoms with E-state index in [9.17, 15) is 14.4 Å². The number of thiazole rings is 1. The van der Waals surface area contributed by atoms with Crippen molar-refractivity contribution in [3.8, 4) is 0 Å². The Morgan fingerprint density at radius 1 is 1.27 bits per heavy atom. The maximum atomic E-state index is 12.4. The summed E-state index contributed by atoms with van der Waals surface area (Å²) in [5, 5.41) is 0. The SMILES string of the molecule is CCn1c(=NC(=O)CSCC(=O)N2CCCCC2C)sc2cc(C(=O)OC)ccc21. The lowest BCUT2D eigenvalue weighted by Gasteiger charge is -2.33. The summed E-state index contributed by atoms with van der Waals surface area (Å²) in [6.45, 7) is 5.53. The first-order chi connectivity index (χ1) is 14.4. The molecule has 0 N–H and O–H groups in total. The zero-order chi connectivity index (χ0) is 21.7. The second kappa shape index (κ2) is 10.3. The first-order valence-electron chi connectivity index (χ1n) is 10.1. The molecule has 1 fully saturated rings. The van der Waals surface area contributed by atoms with Gasteiger partial charge in [0.2, 0.25) is 5.91 Å². The Balaban J connectivity index is 1.68. The molecule has 2 amide bonds. The number of amides is 2. The number of methoxy groups -OCH3 is 1. The molecule has 1 aromatic heterocycles. The number of piperidine rings is 1. The Bertz CT molecular complexity index is 1010. The highest BCUT2D eigenvalue weighted by molar-refractivity contribution is 8.00. The molecule has 3 rings (SSSR count). The molecule has 1 aliphatic heterocycles. The Morgan fingerprint density at radius 2 is 2.07 bits per heavy atom. The van der Waals surface area contributed by atoms with Crippen LogP contribution in [-0.4, -0.2) is 58.5 Å². The number of rotatable bonds is 6. The van der Waals surface area contributed by atoms with E-state index < -0.39 is 5.97 Å². The van der Waals surface area contributed by atoms with Crippen LogP contribution >= 0.6 is 23.1 Å². The van der Waals surface area contributed by atoms with E-state index in [1.807, 2.05) is 22.5 Å². The number of fused-ring (bicyclic) bond motifs is 1. The quantitative estimate of drug-likeness (QED) is 0.633. The van der Waals surface area contributed by atoms with Crippen LogP contribution in [0.25, 0.3) is 10.2 Å². The van der Waals surface area contributed by atoms with Crippen LogP contribution in [0.1, 0.15) is 43.5 Å². The Morgan fingerprint density at radius 3 is 2.77 bits per heavy atom. The van der Waals surface area contributed by atoms with Crippen molar-refractivity contribution in [1.29, 1.82) is 0 Å². The largest absolute Gasteiger partial charge is 0.465 e. The summed E-state index contributed by atoms with van der Waals surface area (Å²) in [5.41, 5.74) is 1.39. The molecule has 1 aromatic carbocycles. The fourth-order valence-electron chi connectivity index (χ4n) is 3.63. The summed E-state index contributed by atoms with van der Waals surface area (Å²) in [6, 6.07) is 5.60. The maximum absolute atomic E-state index is 12.4. The highest BCUT2D eigenvalue weighted by Crippen LogP contribution is 2.20. The van der Waals surface area contributed by atoms with E-state index >= 15 is 0 Å². The molecule has 162 valence electrons. The molecule has 1 atom stereocenters. The van der Waals surface area contributed by atoms with Crippen LogP contribution in [-0.2, 0) is 20.9 Å². The van der Waals surface area contributed by atoms with Gasteiger partial charge in [-0.05, 0) is 51.3 Å². The molecule has 9 heteroatoms. The van der Waals surface area contributed by atoms with Crippen LogP contribution in [0.5, 0.6) is 0 Å². The van der Waals surface area contributed by atoms with E-state index in [1.54, 1.807) is 12.1 Å². The van der Waals surface area contributed by atoms with E-state index in [2.05, 4.69) is 11.9 Å².